The summed E-state index contributed by atoms with van der Waals surface area (Å²) in [6.07, 6.45) is 0. The van der Waals surface area contributed by atoms with Crippen molar-refractivity contribution < 1.29 is 9.90 Å². The minimum Gasteiger partial charge on any atom is -0.395 e. The summed E-state index contributed by atoms with van der Waals surface area (Å²) in [5.74, 6) is 0. The van der Waals surface area contributed by atoms with Gasteiger partial charge in [0, 0.05) is 26.2 Å². The van der Waals surface area contributed by atoms with Crippen molar-refractivity contribution in [3.8, 4) is 0 Å². The molecule has 0 bridgehead atoms. The monoisotopic (exact) mass is 188 g/mol. The van der Waals surface area contributed by atoms with Crippen molar-refractivity contribution in [2.45, 2.75) is 20.8 Å². The Hall–Kier alpha value is -0.770. The van der Waals surface area contributed by atoms with Crippen LogP contribution in [-0.4, -0.2) is 53.7 Å². The van der Waals surface area contributed by atoms with E-state index in [-0.39, 0.29) is 12.6 Å². The summed E-state index contributed by atoms with van der Waals surface area (Å²) < 4.78 is 0. The molecule has 78 valence electrons. The number of aliphatic hydroxyl groups is 1. The van der Waals surface area contributed by atoms with Crippen molar-refractivity contribution in [1.82, 2.24) is 9.80 Å². The quantitative estimate of drug-likeness (QED) is 0.692. The van der Waals surface area contributed by atoms with Gasteiger partial charge in [-0.25, -0.2) is 4.79 Å². The van der Waals surface area contributed by atoms with Gasteiger partial charge in [-0.1, -0.05) is 0 Å². The first-order valence-electron chi connectivity index (χ1n) is 4.85. The Balaban J connectivity index is 4.16. The maximum absolute atomic E-state index is 11.7. The van der Waals surface area contributed by atoms with Crippen LogP contribution in [0.4, 0.5) is 4.79 Å². The van der Waals surface area contributed by atoms with E-state index in [0.717, 1.165) is 13.1 Å². The summed E-state index contributed by atoms with van der Waals surface area (Å²) in [5, 5.41) is 8.73. The van der Waals surface area contributed by atoms with Crippen LogP contribution in [0.5, 0.6) is 0 Å². The average Bonchev–Trinajstić information content (AvgIpc) is 2.15. The van der Waals surface area contributed by atoms with Crippen molar-refractivity contribution >= 4 is 6.03 Å². The largest absolute Gasteiger partial charge is 0.395 e. The Morgan fingerprint density at radius 3 is 1.85 bits per heavy atom. The SMILES string of the molecule is CCN(CC)C(=O)N(CC)CCO. The summed E-state index contributed by atoms with van der Waals surface area (Å²) in [5.41, 5.74) is 0. The molecule has 1 N–H and O–H groups in total. The standard InChI is InChI=1S/C9H20N2O2/c1-4-10(5-2)9(13)11(6-3)7-8-12/h12H,4-8H2,1-3H3. The molecule has 0 saturated carbocycles. The molecule has 4 heteroatoms. The highest BCUT2D eigenvalue weighted by Gasteiger charge is 2.15. The molecule has 0 aliphatic rings. The number of hydrogen-bond donors (Lipinski definition) is 1. The summed E-state index contributed by atoms with van der Waals surface area (Å²) in [6, 6.07) is 0.0153. The van der Waals surface area contributed by atoms with Gasteiger partial charge in [-0.15, -0.1) is 0 Å². The van der Waals surface area contributed by atoms with E-state index < -0.39 is 0 Å². The highest BCUT2D eigenvalue weighted by atomic mass is 16.3. The lowest BCUT2D eigenvalue weighted by Crippen LogP contribution is -2.44. The molecule has 0 radical (unpaired) electrons. The molecular weight excluding hydrogens is 168 g/mol. The smallest absolute Gasteiger partial charge is 0.320 e. The second-order valence-corrected chi connectivity index (χ2v) is 2.76. The van der Waals surface area contributed by atoms with Gasteiger partial charge in [-0.05, 0) is 20.8 Å². The van der Waals surface area contributed by atoms with Crippen LogP contribution >= 0.6 is 0 Å². The molecule has 13 heavy (non-hydrogen) atoms. The number of nitrogens with zero attached hydrogens (tertiary/aromatic N) is 2. The molecule has 0 fully saturated rings. The van der Waals surface area contributed by atoms with Crippen LogP contribution in [0.2, 0.25) is 0 Å². The van der Waals surface area contributed by atoms with E-state index in [2.05, 4.69) is 0 Å². The molecule has 0 aromatic rings. The zero-order chi connectivity index (χ0) is 10.3. The molecule has 0 aliphatic heterocycles. The molecule has 0 rings (SSSR count). The van der Waals surface area contributed by atoms with E-state index in [9.17, 15) is 4.79 Å². The number of likely N-dealkylation sites (N-methyl/N-ethyl adjacent to an activating group) is 1. The third kappa shape index (κ3) is 3.63. The Morgan fingerprint density at radius 2 is 1.54 bits per heavy atom. The van der Waals surface area contributed by atoms with Gasteiger partial charge >= 0.3 is 6.03 Å². The summed E-state index contributed by atoms with van der Waals surface area (Å²) in [6.45, 7) is 8.36. The fourth-order valence-corrected chi connectivity index (χ4v) is 1.20. The van der Waals surface area contributed by atoms with Gasteiger partial charge in [-0.2, -0.15) is 0 Å². The lowest BCUT2D eigenvalue weighted by molar-refractivity contribution is 0.146. The Labute approximate surface area is 80.1 Å². The van der Waals surface area contributed by atoms with E-state index in [4.69, 9.17) is 5.11 Å². The van der Waals surface area contributed by atoms with Crippen LogP contribution in [0.25, 0.3) is 0 Å². The molecule has 0 unspecified atom stereocenters. The normalized spacial score (nSPS) is 9.85. The highest BCUT2D eigenvalue weighted by molar-refractivity contribution is 5.74. The van der Waals surface area contributed by atoms with Crippen molar-refractivity contribution in [3.05, 3.63) is 0 Å². The predicted octanol–water partition coefficient (Wildman–Crippen LogP) is 0.762. The fourth-order valence-electron chi connectivity index (χ4n) is 1.20. The van der Waals surface area contributed by atoms with E-state index in [1.165, 1.54) is 0 Å². The molecular formula is C9H20N2O2. The molecule has 2 amide bonds. The number of carbonyl (C=O) groups is 1. The van der Waals surface area contributed by atoms with Crippen LogP contribution in [0.3, 0.4) is 0 Å². The van der Waals surface area contributed by atoms with Gasteiger partial charge in [-0.3, -0.25) is 0 Å². The number of rotatable bonds is 5. The van der Waals surface area contributed by atoms with E-state index in [1.54, 1.807) is 9.80 Å². The fraction of sp³-hybridized carbons (Fsp3) is 0.889. The Morgan fingerprint density at radius 1 is 1.08 bits per heavy atom. The van der Waals surface area contributed by atoms with Crippen molar-refractivity contribution in [3.63, 3.8) is 0 Å². The predicted molar refractivity (Wildman–Crippen MR) is 52.6 cm³/mol. The van der Waals surface area contributed by atoms with Gasteiger partial charge in [0.2, 0.25) is 0 Å². The third-order valence-corrected chi connectivity index (χ3v) is 2.06. The molecule has 0 atom stereocenters. The van der Waals surface area contributed by atoms with E-state index in [1.807, 2.05) is 20.8 Å². The molecule has 0 heterocycles. The van der Waals surface area contributed by atoms with Crippen LogP contribution in [0, 0.1) is 0 Å². The zero-order valence-electron chi connectivity index (χ0n) is 8.79. The Bertz CT molecular complexity index is 147. The molecule has 0 aliphatic carbocycles. The molecule has 4 nitrogen and oxygen atoms in total. The van der Waals surface area contributed by atoms with Crippen molar-refractivity contribution in [2.24, 2.45) is 0 Å². The number of aliphatic hydroxyl groups excluding tert-OH is 1. The van der Waals surface area contributed by atoms with E-state index in [0.29, 0.717) is 13.1 Å². The second kappa shape index (κ2) is 6.71. The minimum atomic E-state index is 0.0153. The molecule has 0 saturated heterocycles. The maximum Gasteiger partial charge on any atom is 0.320 e. The number of urea groups is 1. The van der Waals surface area contributed by atoms with Crippen molar-refractivity contribution in [2.75, 3.05) is 32.8 Å². The van der Waals surface area contributed by atoms with Gasteiger partial charge in [0.25, 0.3) is 0 Å². The lowest BCUT2D eigenvalue weighted by atomic mass is 10.4. The van der Waals surface area contributed by atoms with Gasteiger partial charge in [0.15, 0.2) is 0 Å². The van der Waals surface area contributed by atoms with Crippen LogP contribution in [-0.2, 0) is 0 Å². The maximum atomic E-state index is 11.7. The third-order valence-electron chi connectivity index (χ3n) is 2.06. The van der Waals surface area contributed by atoms with Crippen LogP contribution < -0.4 is 0 Å². The first-order valence-corrected chi connectivity index (χ1v) is 4.85. The van der Waals surface area contributed by atoms with Crippen molar-refractivity contribution in [1.29, 1.82) is 0 Å². The summed E-state index contributed by atoms with van der Waals surface area (Å²) in [7, 11) is 0. The number of amides is 2. The molecule has 0 aromatic heterocycles. The Kier molecular flexibility index (Phi) is 6.32. The molecule has 0 spiro atoms. The van der Waals surface area contributed by atoms with Crippen LogP contribution in [0.1, 0.15) is 20.8 Å². The first-order chi connectivity index (χ1) is 6.21. The topological polar surface area (TPSA) is 43.8 Å². The van der Waals surface area contributed by atoms with Crippen LogP contribution in [0.15, 0.2) is 0 Å². The number of carbonyl (C=O) groups excluding carboxylic acids is 1. The summed E-state index contributed by atoms with van der Waals surface area (Å²) in [4.78, 5) is 15.1. The van der Waals surface area contributed by atoms with Gasteiger partial charge in [0.05, 0.1) is 6.61 Å². The van der Waals surface area contributed by atoms with E-state index >= 15 is 0 Å². The summed E-state index contributed by atoms with van der Waals surface area (Å²) >= 11 is 0. The highest BCUT2D eigenvalue weighted by Crippen LogP contribution is 1.97. The minimum absolute atomic E-state index is 0.0153. The average molecular weight is 188 g/mol. The van der Waals surface area contributed by atoms with Gasteiger partial charge < -0.3 is 14.9 Å². The lowest BCUT2D eigenvalue weighted by Gasteiger charge is -2.27. The first kappa shape index (κ1) is 12.2. The second-order valence-electron chi connectivity index (χ2n) is 2.76. The van der Waals surface area contributed by atoms with Gasteiger partial charge in [0.1, 0.15) is 0 Å². The zero-order valence-corrected chi connectivity index (χ0v) is 8.79. The molecule has 0 aromatic carbocycles. The number of hydrogen-bond acceptors (Lipinski definition) is 2.